The highest BCUT2D eigenvalue weighted by Gasteiger charge is 2.18. The number of nitrogens with two attached hydrogens (primary N) is 1. The van der Waals surface area contributed by atoms with E-state index in [0.717, 1.165) is 25.3 Å². The van der Waals surface area contributed by atoms with Gasteiger partial charge in [0, 0.05) is 13.6 Å². The van der Waals surface area contributed by atoms with Crippen LogP contribution in [0.3, 0.4) is 0 Å². The summed E-state index contributed by atoms with van der Waals surface area (Å²) in [5.41, 5.74) is 6.89. The van der Waals surface area contributed by atoms with Gasteiger partial charge in [-0.25, -0.2) is 4.98 Å². The van der Waals surface area contributed by atoms with Crippen molar-refractivity contribution in [1.29, 1.82) is 0 Å². The first-order valence-corrected chi connectivity index (χ1v) is 6.43. The number of imidazole rings is 1. The van der Waals surface area contributed by atoms with E-state index in [-0.39, 0.29) is 6.04 Å². The van der Waals surface area contributed by atoms with E-state index in [1.807, 2.05) is 11.6 Å². The minimum Gasteiger partial charge on any atom is -0.332 e. The molecule has 2 aromatic heterocycles. The predicted molar refractivity (Wildman–Crippen MR) is 71.2 cm³/mol. The van der Waals surface area contributed by atoms with Gasteiger partial charge in [0.25, 0.3) is 5.89 Å². The maximum atomic E-state index is 6.10. The Labute approximate surface area is 112 Å². The van der Waals surface area contributed by atoms with Crippen molar-refractivity contribution in [2.75, 3.05) is 19.6 Å². The summed E-state index contributed by atoms with van der Waals surface area (Å²) in [5.74, 6) is 0.980. The zero-order chi connectivity index (χ0) is 13.8. The second kappa shape index (κ2) is 5.94. The molecular formula is C12H20N6O. The largest absolute Gasteiger partial charge is 0.332 e. The number of aryl methyl sites for hydroxylation is 1. The second-order valence-electron chi connectivity index (χ2n) is 4.44. The molecule has 2 N–H and O–H groups in total. The summed E-state index contributed by atoms with van der Waals surface area (Å²) in [4.78, 5) is 10.6. The van der Waals surface area contributed by atoms with Gasteiger partial charge in [-0.15, -0.1) is 0 Å². The Balaban J connectivity index is 2.11. The lowest BCUT2D eigenvalue weighted by Gasteiger charge is -2.20. The van der Waals surface area contributed by atoms with Crippen molar-refractivity contribution in [3.63, 3.8) is 0 Å². The fourth-order valence-electron chi connectivity index (χ4n) is 1.89. The summed E-state index contributed by atoms with van der Waals surface area (Å²) in [5, 5.41) is 3.96. The van der Waals surface area contributed by atoms with E-state index in [9.17, 15) is 0 Å². The quantitative estimate of drug-likeness (QED) is 0.831. The Morgan fingerprint density at radius 1 is 1.42 bits per heavy atom. The molecule has 1 unspecified atom stereocenters. The van der Waals surface area contributed by atoms with Crippen LogP contribution in [-0.4, -0.2) is 44.2 Å². The minimum absolute atomic E-state index is 0.245. The summed E-state index contributed by atoms with van der Waals surface area (Å²) >= 11 is 0. The molecule has 104 valence electrons. The van der Waals surface area contributed by atoms with Crippen LogP contribution in [-0.2, 0) is 7.05 Å². The standard InChI is InChI=1S/C12H20N6O/c1-4-18(5-2)7-9(13)11-15-12(19-16-11)10-6-14-8-17(10)3/h6,8-9H,4-5,7,13H2,1-3H3. The fourth-order valence-corrected chi connectivity index (χ4v) is 1.89. The van der Waals surface area contributed by atoms with Crippen LogP contribution >= 0.6 is 0 Å². The Hall–Kier alpha value is -1.73. The smallest absolute Gasteiger partial charge is 0.276 e. The molecule has 0 aliphatic heterocycles. The van der Waals surface area contributed by atoms with Gasteiger partial charge in [-0.2, -0.15) is 4.98 Å². The van der Waals surface area contributed by atoms with Crippen LogP contribution in [0.15, 0.2) is 17.0 Å². The highest BCUT2D eigenvalue weighted by Crippen LogP contribution is 2.17. The first-order chi connectivity index (χ1) is 9.15. The molecule has 0 spiro atoms. The highest BCUT2D eigenvalue weighted by molar-refractivity contribution is 5.45. The summed E-state index contributed by atoms with van der Waals surface area (Å²) in [7, 11) is 1.88. The van der Waals surface area contributed by atoms with Gasteiger partial charge in [-0.05, 0) is 13.1 Å². The van der Waals surface area contributed by atoms with E-state index in [0.29, 0.717) is 11.7 Å². The van der Waals surface area contributed by atoms with Gasteiger partial charge in [0.05, 0.1) is 18.6 Å². The van der Waals surface area contributed by atoms with Crippen molar-refractivity contribution >= 4 is 0 Å². The molecule has 0 fully saturated rings. The van der Waals surface area contributed by atoms with Crippen molar-refractivity contribution in [1.82, 2.24) is 24.6 Å². The van der Waals surface area contributed by atoms with E-state index in [4.69, 9.17) is 10.3 Å². The third-order valence-corrected chi connectivity index (χ3v) is 3.16. The van der Waals surface area contributed by atoms with Gasteiger partial charge in [-0.3, -0.25) is 0 Å². The monoisotopic (exact) mass is 264 g/mol. The molecule has 0 saturated heterocycles. The van der Waals surface area contributed by atoms with Gasteiger partial charge in [0.15, 0.2) is 5.82 Å². The molecular weight excluding hydrogens is 244 g/mol. The molecule has 1 atom stereocenters. The Kier molecular flexibility index (Phi) is 4.28. The van der Waals surface area contributed by atoms with Crippen LogP contribution in [0.2, 0.25) is 0 Å². The summed E-state index contributed by atoms with van der Waals surface area (Å²) in [6, 6.07) is -0.245. The molecule has 0 saturated carbocycles. The molecule has 7 nitrogen and oxygen atoms in total. The van der Waals surface area contributed by atoms with Crippen LogP contribution in [0.5, 0.6) is 0 Å². The van der Waals surface area contributed by atoms with Crippen molar-refractivity contribution < 1.29 is 4.52 Å². The SMILES string of the molecule is CCN(CC)CC(N)c1noc(-c2cncn2C)n1. The average molecular weight is 264 g/mol. The molecule has 0 aliphatic rings. The van der Waals surface area contributed by atoms with Gasteiger partial charge in [0.1, 0.15) is 5.69 Å². The van der Waals surface area contributed by atoms with Crippen LogP contribution in [0, 0.1) is 0 Å². The molecule has 0 aliphatic carbocycles. The second-order valence-corrected chi connectivity index (χ2v) is 4.44. The van der Waals surface area contributed by atoms with E-state index < -0.39 is 0 Å². The van der Waals surface area contributed by atoms with Crippen molar-refractivity contribution in [2.45, 2.75) is 19.9 Å². The molecule has 19 heavy (non-hydrogen) atoms. The molecule has 2 heterocycles. The topological polar surface area (TPSA) is 86.0 Å². The lowest BCUT2D eigenvalue weighted by Crippen LogP contribution is -2.32. The van der Waals surface area contributed by atoms with Gasteiger partial charge < -0.3 is 19.7 Å². The lowest BCUT2D eigenvalue weighted by molar-refractivity contribution is 0.278. The number of rotatable bonds is 6. The molecule has 0 radical (unpaired) electrons. The van der Waals surface area contributed by atoms with Gasteiger partial charge >= 0.3 is 0 Å². The molecule has 0 aromatic carbocycles. The zero-order valence-corrected chi connectivity index (χ0v) is 11.6. The highest BCUT2D eigenvalue weighted by atomic mass is 16.5. The first kappa shape index (κ1) is 13.7. The summed E-state index contributed by atoms with van der Waals surface area (Å²) in [6.07, 6.45) is 3.38. The Morgan fingerprint density at radius 2 is 2.16 bits per heavy atom. The Bertz CT molecular complexity index is 516. The van der Waals surface area contributed by atoms with E-state index in [1.165, 1.54) is 0 Å². The number of nitrogens with zero attached hydrogens (tertiary/aromatic N) is 5. The third kappa shape index (κ3) is 2.99. The maximum absolute atomic E-state index is 6.10. The van der Waals surface area contributed by atoms with Crippen molar-refractivity contribution in [3.8, 4) is 11.6 Å². The van der Waals surface area contributed by atoms with Crippen LogP contribution in [0.4, 0.5) is 0 Å². The molecule has 7 heteroatoms. The average Bonchev–Trinajstić information content (AvgIpc) is 3.03. The predicted octanol–water partition coefficient (Wildman–Crippen LogP) is 0.812. The third-order valence-electron chi connectivity index (χ3n) is 3.16. The van der Waals surface area contributed by atoms with Crippen molar-refractivity contribution in [3.05, 3.63) is 18.3 Å². The number of aromatic nitrogens is 4. The normalized spacial score (nSPS) is 13.1. The van der Waals surface area contributed by atoms with E-state index in [2.05, 4.69) is 33.9 Å². The van der Waals surface area contributed by atoms with Gasteiger partial charge in [-0.1, -0.05) is 19.0 Å². The van der Waals surface area contributed by atoms with Gasteiger partial charge in [0.2, 0.25) is 0 Å². The van der Waals surface area contributed by atoms with E-state index >= 15 is 0 Å². The first-order valence-electron chi connectivity index (χ1n) is 6.43. The zero-order valence-electron chi connectivity index (χ0n) is 11.6. The minimum atomic E-state index is -0.245. The fraction of sp³-hybridized carbons (Fsp3) is 0.583. The van der Waals surface area contributed by atoms with Crippen LogP contribution in [0.1, 0.15) is 25.7 Å². The summed E-state index contributed by atoms with van der Waals surface area (Å²) in [6.45, 7) is 6.84. The Morgan fingerprint density at radius 3 is 2.74 bits per heavy atom. The number of hydrogen-bond acceptors (Lipinski definition) is 6. The molecule has 2 rings (SSSR count). The van der Waals surface area contributed by atoms with Crippen LogP contribution in [0.25, 0.3) is 11.6 Å². The molecule has 2 aromatic rings. The number of hydrogen-bond donors (Lipinski definition) is 1. The van der Waals surface area contributed by atoms with Crippen LogP contribution < -0.4 is 5.73 Å². The summed E-state index contributed by atoms with van der Waals surface area (Å²) < 4.78 is 7.07. The van der Waals surface area contributed by atoms with Crippen molar-refractivity contribution in [2.24, 2.45) is 12.8 Å². The molecule has 0 bridgehead atoms. The maximum Gasteiger partial charge on any atom is 0.276 e. The van der Waals surface area contributed by atoms with E-state index in [1.54, 1.807) is 12.5 Å². The lowest BCUT2D eigenvalue weighted by atomic mass is 10.2. The molecule has 0 amide bonds. The number of likely N-dealkylation sites (N-methyl/N-ethyl adjacent to an activating group) is 1.